The van der Waals surface area contributed by atoms with Crippen LogP contribution in [-0.4, -0.2) is 138 Å². The summed E-state index contributed by atoms with van der Waals surface area (Å²) >= 11 is 0. The van der Waals surface area contributed by atoms with Gasteiger partial charge < -0.3 is 48.1 Å². The summed E-state index contributed by atoms with van der Waals surface area (Å²) < 4.78 is 41.4. The van der Waals surface area contributed by atoms with E-state index in [9.17, 15) is 28.8 Å². The lowest BCUT2D eigenvalue weighted by Gasteiger charge is -2.08. The fourth-order valence-electron chi connectivity index (χ4n) is 2.42. The van der Waals surface area contributed by atoms with E-state index in [4.69, 9.17) is 48.1 Å². The number of carboxylic acids is 2. The van der Waals surface area contributed by atoms with Crippen LogP contribution in [0, 0.1) is 0 Å². The van der Waals surface area contributed by atoms with E-state index in [1.807, 2.05) is 0 Å². The van der Waals surface area contributed by atoms with Crippen LogP contribution in [0.15, 0.2) is 0 Å². The lowest BCUT2D eigenvalue weighted by molar-refractivity contribution is -0.151. The summed E-state index contributed by atoms with van der Waals surface area (Å²) in [6.07, 6.45) is -1.39. The van der Waals surface area contributed by atoms with E-state index in [2.05, 4.69) is 0 Å². The fourth-order valence-corrected chi connectivity index (χ4v) is 2.42. The van der Waals surface area contributed by atoms with Crippen LogP contribution in [0.3, 0.4) is 0 Å². The second-order valence-electron chi connectivity index (χ2n) is 7.57. The van der Waals surface area contributed by atoms with Crippen LogP contribution in [0.4, 0.5) is 0 Å². The Hall–Kier alpha value is -3.02. The van der Waals surface area contributed by atoms with Crippen molar-refractivity contribution in [1.29, 1.82) is 0 Å². The standard InChI is InChI=1S/C24H38O16/c25-19(23(29)30)1-3-21(27)39-17-15-37-13-11-35-9-7-33-5-6-34-8-10-36-12-14-38-16-18-40-22(28)4-2-20(26)24(31)32/h1-18H2,(H,29,30)(H,31,32). The van der Waals surface area contributed by atoms with Gasteiger partial charge in [0, 0.05) is 12.8 Å². The van der Waals surface area contributed by atoms with Crippen LogP contribution >= 0.6 is 0 Å². The summed E-state index contributed by atoms with van der Waals surface area (Å²) in [6, 6.07) is 0. The minimum absolute atomic E-state index is 0.00786. The summed E-state index contributed by atoms with van der Waals surface area (Å²) in [6.45, 7) is 3.74. The highest BCUT2D eigenvalue weighted by atomic mass is 16.6. The molecule has 0 fully saturated rings. The summed E-state index contributed by atoms with van der Waals surface area (Å²) in [5.74, 6) is -6.57. The number of carboxylic acid groups (broad SMARTS) is 2. The molecule has 0 saturated heterocycles. The molecule has 0 rings (SSSR count). The van der Waals surface area contributed by atoms with Gasteiger partial charge in [0.15, 0.2) is 0 Å². The minimum Gasteiger partial charge on any atom is -0.476 e. The van der Waals surface area contributed by atoms with Gasteiger partial charge in [-0.3, -0.25) is 19.2 Å². The molecule has 0 aliphatic carbocycles. The molecule has 0 atom stereocenters. The van der Waals surface area contributed by atoms with Crippen molar-refractivity contribution >= 4 is 35.4 Å². The summed E-state index contributed by atoms with van der Waals surface area (Å²) in [7, 11) is 0. The van der Waals surface area contributed by atoms with Gasteiger partial charge in [-0.1, -0.05) is 0 Å². The number of ketones is 2. The molecule has 0 aromatic heterocycles. The number of ether oxygens (including phenoxy) is 8. The van der Waals surface area contributed by atoms with Crippen molar-refractivity contribution in [2.24, 2.45) is 0 Å². The maximum absolute atomic E-state index is 11.3. The van der Waals surface area contributed by atoms with Crippen LogP contribution in [0.1, 0.15) is 25.7 Å². The topological polar surface area (TPSA) is 217 Å². The lowest BCUT2D eigenvalue weighted by atomic mass is 10.2. The predicted octanol–water partition coefficient (Wildman–Crippen LogP) is -0.960. The maximum atomic E-state index is 11.3. The van der Waals surface area contributed by atoms with Gasteiger partial charge >= 0.3 is 23.9 Å². The Labute approximate surface area is 231 Å². The first kappa shape index (κ1) is 37.0. The van der Waals surface area contributed by atoms with Gasteiger partial charge in [-0.15, -0.1) is 0 Å². The molecule has 40 heavy (non-hydrogen) atoms. The van der Waals surface area contributed by atoms with E-state index in [0.29, 0.717) is 52.9 Å². The summed E-state index contributed by atoms with van der Waals surface area (Å²) in [5, 5.41) is 16.8. The first-order valence-corrected chi connectivity index (χ1v) is 12.5. The minimum atomic E-state index is -1.58. The molecule has 0 heterocycles. The van der Waals surface area contributed by atoms with Crippen molar-refractivity contribution in [3.8, 4) is 0 Å². The van der Waals surface area contributed by atoms with Gasteiger partial charge in [0.1, 0.15) is 13.2 Å². The first-order chi connectivity index (χ1) is 19.2. The number of carbonyl (C=O) groups is 6. The molecule has 0 amide bonds. The quantitative estimate of drug-likeness (QED) is 0.0616. The number of rotatable bonds is 29. The zero-order valence-electron chi connectivity index (χ0n) is 22.3. The SMILES string of the molecule is O=C(CCC(=O)C(=O)O)OCCOCCOCCOCCOCCOCCOCCOC(=O)CCC(=O)C(=O)O. The van der Waals surface area contributed by atoms with E-state index >= 15 is 0 Å². The lowest BCUT2D eigenvalue weighted by Crippen LogP contribution is -2.17. The Morgan fingerprint density at radius 2 is 0.575 bits per heavy atom. The van der Waals surface area contributed by atoms with Crippen molar-refractivity contribution < 1.29 is 76.9 Å². The number of esters is 2. The van der Waals surface area contributed by atoms with Crippen molar-refractivity contribution in [2.75, 3.05) is 92.5 Å². The Morgan fingerprint density at radius 1 is 0.350 bits per heavy atom. The molecule has 0 spiro atoms. The van der Waals surface area contributed by atoms with Gasteiger partial charge in [0.2, 0.25) is 11.6 Å². The van der Waals surface area contributed by atoms with Gasteiger partial charge in [-0.05, 0) is 0 Å². The van der Waals surface area contributed by atoms with Gasteiger partial charge in [-0.25, -0.2) is 9.59 Å². The molecule has 0 unspecified atom stereocenters. The number of carbonyl (C=O) groups excluding carboxylic acids is 4. The van der Waals surface area contributed by atoms with Crippen molar-refractivity contribution in [1.82, 2.24) is 0 Å². The Balaban J connectivity index is 3.24. The average Bonchev–Trinajstić information content (AvgIpc) is 2.92. The monoisotopic (exact) mass is 582 g/mol. The molecule has 16 nitrogen and oxygen atoms in total. The highest BCUT2D eigenvalue weighted by Crippen LogP contribution is 1.96. The normalized spacial score (nSPS) is 10.7. The van der Waals surface area contributed by atoms with Crippen molar-refractivity contribution in [2.45, 2.75) is 25.7 Å². The number of hydrogen-bond donors (Lipinski definition) is 2. The molecule has 0 aliphatic heterocycles. The van der Waals surface area contributed by atoms with Crippen LogP contribution in [-0.2, 0) is 66.7 Å². The van der Waals surface area contributed by atoms with E-state index in [1.54, 1.807) is 0 Å². The van der Waals surface area contributed by atoms with Crippen LogP contribution in [0.25, 0.3) is 0 Å². The third-order valence-electron chi connectivity index (χ3n) is 4.43. The Kier molecular flexibility index (Phi) is 24.2. The van der Waals surface area contributed by atoms with Crippen molar-refractivity contribution in [3.63, 3.8) is 0 Å². The van der Waals surface area contributed by atoms with Crippen LogP contribution in [0.2, 0.25) is 0 Å². The number of Topliss-reactive ketones (excluding diaryl/α,β-unsaturated/α-hetero) is 2. The first-order valence-electron chi connectivity index (χ1n) is 12.5. The predicted molar refractivity (Wildman–Crippen MR) is 131 cm³/mol. The largest absolute Gasteiger partial charge is 0.476 e. The van der Waals surface area contributed by atoms with E-state index in [1.165, 1.54) is 0 Å². The fraction of sp³-hybridized carbons (Fsp3) is 0.750. The molecule has 0 aromatic rings. The molecule has 230 valence electrons. The third-order valence-corrected chi connectivity index (χ3v) is 4.43. The number of aliphatic carboxylic acids is 2. The Bertz CT molecular complexity index is 691. The molecule has 0 bridgehead atoms. The molecule has 16 heteroatoms. The highest BCUT2D eigenvalue weighted by molar-refractivity contribution is 6.33. The highest BCUT2D eigenvalue weighted by Gasteiger charge is 2.15. The third kappa shape index (κ3) is 25.3. The second kappa shape index (κ2) is 26.2. The molecular weight excluding hydrogens is 544 g/mol. The molecule has 0 aromatic carbocycles. The molecule has 0 aliphatic rings. The van der Waals surface area contributed by atoms with Crippen LogP contribution < -0.4 is 0 Å². The average molecular weight is 583 g/mol. The van der Waals surface area contributed by atoms with Gasteiger partial charge in [0.25, 0.3) is 0 Å². The van der Waals surface area contributed by atoms with E-state index in [-0.39, 0.29) is 52.5 Å². The van der Waals surface area contributed by atoms with E-state index < -0.39 is 48.3 Å². The Morgan fingerprint density at radius 3 is 0.800 bits per heavy atom. The molecular formula is C24H38O16. The molecule has 0 radical (unpaired) electrons. The van der Waals surface area contributed by atoms with Gasteiger partial charge in [-0.2, -0.15) is 0 Å². The summed E-state index contributed by atoms with van der Waals surface area (Å²) in [4.78, 5) is 65.0. The zero-order valence-corrected chi connectivity index (χ0v) is 22.3. The van der Waals surface area contributed by atoms with Crippen molar-refractivity contribution in [3.05, 3.63) is 0 Å². The summed E-state index contributed by atoms with van der Waals surface area (Å²) in [5.41, 5.74) is 0. The van der Waals surface area contributed by atoms with Gasteiger partial charge in [0.05, 0.1) is 92.1 Å². The zero-order chi connectivity index (χ0) is 29.8. The smallest absolute Gasteiger partial charge is 0.372 e. The molecule has 2 N–H and O–H groups in total. The maximum Gasteiger partial charge on any atom is 0.372 e. The molecule has 0 saturated carbocycles. The van der Waals surface area contributed by atoms with E-state index in [0.717, 1.165) is 0 Å². The van der Waals surface area contributed by atoms with Crippen LogP contribution in [0.5, 0.6) is 0 Å². The second-order valence-corrected chi connectivity index (χ2v) is 7.57. The number of hydrogen-bond acceptors (Lipinski definition) is 14.